The highest BCUT2D eigenvalue weighted by Gasteiger charge is 2.26. The van der Waals surface area contributed by atoms with E-state index < -0.39 is 0 Å². The third-order valence-electron chi connectivity index (χ3n) is 5.24. The maximum Gasteiger partial charge on any atom is 0.326 e. The second-order valence-electron chi connectivity index (χ2n) is 7.59. The minimum absolute atomic E-state index is 0.0920. The number of pyridine rings is 1. The van der Waals surface area contributed by atoms with Gasteiger partial charge in [-0.1, -0.05) is 6.07 Å². The van der Waals surface area contributed by atoms with Gasteiger partial charge in [-0.25, -0.2) is 9.78 Å². The summed E-state index contributed by atoms with van der Waals surface area (Å²) in [5.41, 5.74) is 3.93. The van der Waals surface area contributed by atoms with Crippen molar-refractivity contribution in [3.63, 3.8) is 0 Å². The molecule has 3 heterocycles. The lowest BCUT2D eigenvalue weighted by atomic mass is 10.1. The Morgan fingerprint density at radius 2 is 2.17 bits per heavy atom. The van der Waals surface area contributed by atoms with Crippen LogP contribution < -0.4 is 15.5 Å². The van der Waals surface area contributed by atoms with Gasteiger partial charge >= 0.3 is 6.03 Å². The molecule has 0 saturated carbocycles. The van der Waals surface area contributed by atoms with Gasteiger partial charge in [0.15, 0.2) is 0 Å². The number of nitrogens with zero attached hydrogens (tertiary/aromatic N) is 2. The van der Waals surface area contributed by atoms with Crippen molar-refractivity contribution in [1.29, 1.82) is 0 Å². The number of thioether (sulfide) groups is 1. The number of urea groups is 1. The fourth-order valence-corrected chi connectivity index (χ4v) is 4.90. The number of benzene rings is 1. The molecule has 2 aliphatic rings. The fraction of sp³-hybridized carbons (Fsp3) is 0.409. The number of carbonyl (C=O) groups excluding carboxylic acids is 2. The molecule has 4 rings (SSSR count). The van der Waals surface area contributed by atoms with E-state index in [-0.39, 0.29) is 18.0 Å². The van der Waals surface area contributed by atoms with Gasteiger partial charge in [0.2, 0.25) is 0 Å². The Hall–Kier alpha value is -2.58. The summed E-state index contributed by atoms with van der Waals surface area (Å²) in [5.74, 6) is 0.624. The number of hydrogen-bond acceptors (Lipinski definition) is 5. The molecule has 2 aromatic rings. The molecule has 2 N–H and O–H groups in total. The Bertz CT molecular complexity index is 959. The molecule has 0 unspecified atom stereocenters. The van der Waals surface area contributed by atoms with Gasteiger partial charge in [-0.15, -0.1) is 11.8 Å². The van der Waals surface area contributed by atoms with E-state index in [9.17, 15) is 9.59 Å². The van der Waals surface area contributed by atoms with Gasteiger partial charge in [0, 0.05) is 42.4 Å². The first kappa shape index (κ1) is 20.7. The van der Waals surface area contributed by atoms with Crippen LogP contribution in [-0.4, -0.2) is 48.5 Å². The lowest BCUT2D eigenvalue weighted by Crippen LogP contribution is -2.39. The van der Waals surface area contributed by atoms with Crippen LogP contribution in [0.2, 0.25) is 0 Å². The number of aryl methyl sites for hydroxylation is 2. The van der Waals surface area contributed by atoms with Gasteiger partial charge in [-0.3, -0.25) is 9.69 Å². The van der Waals surface area contributed by atoms with Crippen molar-refractivity contribution in [1.82, 2.24) is 10.3 Å². The lowest BCUT2D eigenvalue weighted by Gasteiger charge is -2.30. The molecule has 0 aliphatic carbocycles. The molecule has 1 atom stereocenters. The van der Waals surface area contributed by atoms with Gasteiger partial charge in [-0.2, -0.15) is 0 Å². The highest BCUT2D eigenvalue weighted by atomic mass is 32.2. The maximum absolute atomic E-state index is 13.0. The quantitative estimate of drug-likeness (QED) is 0.778. The summed E-state index contributed by atoms with van der Waals surface area (Å²) >= 11 is 1.67. The third-order valence-corrected chi connectivity index (χ3v) is 6.18. The summed E-state index contributed by atoms with van der Waals surface area (Å²) in [6.07, 6.45) is 2.10. The molecule has 0 spiro atoms. The van der Waals surface area contributed by atoms with Crippen LogP contribution in [0.15, 0.2) is 35.4 Å². The molecular weight excluding hydrogens is 400 g/mol. The number of nitrogens with one attached hydrogen (secondary N) is 2. The third kappa shape index (κ3) is 4.60. The standard InChI is InChI=1S/C22H26N4O3S/c1-14-11-15(2)24-21-19(14)26(8-10-30-21)22(28)25-17-6-3-5-16(12-17)20(27)23-13-18-7-4-9-29-18/h3,5-6,11-12,18H,4,7-10,13H2,1-2H3,(H,23,27)(H,25,28)/t18-/m0/s1. The number of carbonyl (C=O) groups is 2. The molecule has 0 bridgehead atoms. The van der Waals surface area contributed by atoms with Crippen LogP contribution in [0.4, 0.5) is 16.2 Å². The molecule has 1 fully saturated rings. The number of amides is 3. The second-order valence-corrected chi connectivity index (χ2v) is 8.67. The zero-order valence-electron chi connectivity index (χ0n) is 17.2. The van der Waals surface area contributed by atoms with E-state index in [4.69, 9.17) is 4.74 Å². The van der Waals surface area contributed by atoms with Crippen LogP contribution in [-0.2, 0) is 4.74 Å². The summed E-state index contributed by atoms with van der Waals surface area (Å²) in [7, 11) is 0. The molecule has 1 saturated heterocycles. The Morgan fingerprint density at radius 3 is 2.97 bits per heavy atom. The van der Waals surface area contributed by atoms with Crippen LogP contribution in [0.25, 0.3) is 0 Å². The Morgan fingerprint density at radius 1 is 1.30 bits per heavy atom. The first-order chi connectivity index (χ1) is 14.5. The monoisotopic (exact) mass is 426 g/mol. The fourth-order valence-electron chi connectivity index (χ4n) is 3.82. The Kier molecular flexibility index (Phi) is 6.24. The highest BCUT2D eigenvalue weighted by molar-refractivity contribution is 7.99. The van der Waals surface area contributed by atoms with E-state index in [1.54, 1.807) is 40.9 Å². The maximum atomic E-state index is 13.0. The zero-order valence-corrected chi connectivity index (χ0v) is 18.1. The SMILES string of the molecule is Cc1cc(C)c2c(n1)SCCN2C(=O)Nc1cccc(C(=O)NC[C@@H]2CCCO2)c1. The average molecular weight is 427 g/mol. The Balaban J connectivity index is 1.44. The normalized spacial score (nSPS) is 18.1. The molecule has 1 aromatic carbocycles. The molecule has 8 heteroatoms. The van der Waals surface area contributed by atoms with E-state index in [1.165, 1.54) is 0 Å². The largest absolute Gasteiger partial charge is 0.376 e. The first-order valence-corrected chi connectivity index (χ1v) is 11.2. The van der Waals surface area contributed by atoms with Gasteiger partial charge in [0.1, 0.15) is 5.03 Å². The predicted molar refractivity (Wildman–Crippen MR) is 119 cm³/mol. The number of rotatable bonds is 4. The lowest BCUT2D eigenvalue weighted by molar-refractivity contribution is 0.0858. The van der Waals surface area contributed by atoms with E-state index in [0.29, 0.717) is 24.3 Å². The molecule has 30 heavy (non-hydrogen) atoms. The number of ether oxygens (including phenoxy) is 1. The van der Waals surface area contributed by atoms with Gasteiger partial charge in [-0.05, 0) is 56.5 Å². The van der Waals surface area contributed by atoms with Gasteiger partial charge < -0.3 is 15.4 Å². The van der Waals surface area contributed by atoms with Gasteiger partial charge in [0.05, 0.1) is 11.8 Å². The van der Waals surface area contributed by atoms with Crippen LogP contribution in [0, 0.1) is 13.8 Å². The van der Waals surface area contributed by atoms with Crippen molar-refractivity contribution >= 4 is 35.1 Å². The minimum atomic E-state index is -0.220. The summed E-state index contributed by atoms with van der Waals surface area (Å²) in [6.45, 7) is 5.83. The molecular formula is C22H26N4O3S. The van der Waals surface area contributed by atoms with Crippen molar-refractivity contribution in [2.24, 2.45) is 0 Å². The Labute approximate surface area is 180 Å². The van der Waals surface area contributed by atoms with E-state index in [1.807, 2.05) is 19.9 Å². The van der Waals surface area contributed by atoms with E-state index >= 15 is 0 Å². The van der Waals surface area contributed by atoms with Crippen LogP contribution in [0.1, 0.15) is 34.5 Å². The summed E-state index contributed by atoms with van der Waals surface area (Å²) < 4.78 is 5.54. The van der Waals surface area contributed by atoms with Crippen molar-refractivity contribution < 1.29 is 14.3 Å². The van der Waals surface area contributed by atoms with Crippen LogP contribution in [0.3, 0.4) is 0 Å². The summed E-state index contributed by atoms with van der Waals surface area (Å²) in [5, 5.41) is 6.73. The zero-order chi connectivity index (χ0) is 21.1. The van der Waals surface area contributed by atoms with E-state index in [0.717, 1.165) is 47.2 Å². The molecule has 7 nitrogen and oxygen atoms in total. The summed E-state index contributed by atoms with van der Waals surface area (Å²) in [4.78, 5) is 31.8. The molecule has 0 radical (unpaired) electrons. The number of aromatic nitrogens is 1. The highest BCUT2D eigenvalue weighted by Crippen LogP contribution is 2.36. The molecule has 158 valence electrons. The van der Waals surface area contributed by atoms with Crippen molar-refractivity contribution in [2.45, 2.75) is 37.8 Å². The van der Waals surface area contributed by atoms with E-state index in [2.05, 4.69) is 15.6 Å². The minimum Gasteiger partial charge on any atom is -0.376 e. The smallest absolute Gasteiger partial charge is 0.326 e. The van der Waals surface area contributed by atoms with Crippen LogP contribution >= 0.6 is 11.8 Å². The molecule has 1 aromatic heterocycles. The molecule has 2 aliphatic heterocycles. The number of hydrogen-bond donors (Lipinski definition) is 2. The van der Waals surface area contributed by atoms with Crippen molar-refractivity contribution in [3.05, 3.63) is 47.2 Å². The number of fused-ring (bicyclic) bond motifs is 1. The van der Waals surface area contributed by atoms with Gasteiger partial charge in [0.25, 0.3) is 5.91 Å². The topological polar surface area (TPSA) is 83.6 Å². The average Bonchev–Trinajstić information content (AvgIpc) is 3.25. The number of anilines is 2. The summed E-state index contributed by atoms with van der Waals surface area (Å²) in [6, 6.07) is 8.76. The van der Waals surface area contributed by atoms with Crippen LogP contribution in [0.5, 0.6) is 0 Å². The van der Waals surface area contributed by atoms with Crippen molar-refractivity contribution in [3.8, 4) is 0 Å². The van der Waals surface area contributed by atoms with Crippen molar-refractivity contribution in [2.75, 3.05) is 35.7 Å². The first-order valence-electron chi connectivity index (χ1n) is 10.2. The molecule has 3 amide bonds. The second kappa shape index (κ2) is 9.06. The predicted octanol–water partition coefficient (Wildman–Crippen LogP) is 3.75.